The highest BCUT2D eigenvalue weighted by atomic mass is 32.2. The number of rotatable bonds is 8. The van der Waals surface area contributed by atoms with Crippen molar-refractivity contribution in [2.24, 2.45) is 11.8 Å². The Bertz CT molecular complexity index is 1530. The van der Waals surface area contributed by atoms with E-state index in [0.717, 1.165) is 73.9 Å². The van der Waals surface area contributed by atoms with Crippen LogP contribution in [-0.4, -0.2) is 44.7 Å². The highest BCUT2D eigenvalue weighted by molar-refractivity contribution is 7.89. The van der Waals surface area contributed by atoms with E-state index in [1.165, 1.54) is 12.1 Å². The SMILES string of the molecule is O=S(=O)(NC[C@H]1CCC[C@@H]1CN1CCC(c2noc3cc(F)ccc23)CC1)c1cccc(-c2ccccc2)c1. The quantitative estimate of drug-likeness (QED) is 0.284. The summed E-state index contributed by atoms with van der Waals surface area (Å²) in [4.78, 5) is 2.82. The van der Waals surface area contributed by atoms with Crippen molar-refractivity contribution in [3.8, 4) is 11.1 Å². The van der Waals surface area contributed by atoms with Crippen LogP contribution in [0.4, 0.5) is 4.39 Å². The summed E-state index contributed by atoms with van der Waals surface area (Å²) in [5.74, 6) is 0.819. The van der Waals surface area contributed by atoms with Gasteiger partial charge in [0, 0.05) is 30.5 Å². The molecule has 0 amide bonds. The molecule has 2 fully saturated rings. The van der Waals surface area contributed by atoms with Crippen LogP contribution in [0.15, 0.2) is 82.2 Å². The van der Waals surface area contributed by atoms with Crippen molar-refractivity contribution >= 4 is 21.0 Å². The molecular weight excluding hydrogens is 513 g/mol. The predicted molar refractivity (Wildman–Crippen MR) is 150 cm³/mol. The Kier molecular flexibility index (Phi) is 7.51. The van der Waals surface area contributed by atoms with Crippen LogP contribution in [0.5, 0.6) is 0 Å². The first-order valence-electron chi connectivity index (χ1n) is 13.9. The third-order valence-corrected chi connectivity index (χ3v) is 9.95. The minimum atomic E-state index is -3.59. The van der Waals surface area contributed by atoms with Gasteiger partial charge < -0.3 is 9.42 Å². The number of fused-ring (bicyclic) bond motifs is 1. The second-order valence-electron chi connectivity index (χ2n) is 11.0. The first-order valence-corrected chi connectivity index (χ1v) is 15.4. The van der Waals surface area contributed by atoms with Crippen LogP contribution >= 0.6 is 0 Å². The van der Waals surface area contributed by atoms with E-state index in [1.807, 2.05) is 36.4 Å². The first kappa shape index (κ1) is 26.2. The Morgan fingerprint density at radius 2 is 1.67 bits per heavy atom. The van der Waals surface area contributed by atoms with Gasteiger partial charge in [-0.05, 0) is 86.0 Å². The molecule has 6 rings (SSSR count). The number of piperidine rings is 1. The van der Waals surface area contributed by atoms with Crippen molar-refractivity contribution in [1.29, 1.82) is 0 Å². The summed E-state index contributed by atoms with van der Waals surface area (Å²) in [6.07, 6.45) is 5.30. The Balaban J connectivity index is 1.04. The van der Waals surface area contributed by atoms with Crippen LogP contribution in [-0.2, 0) is 10.0 Å². The number of sulfonamides is 1. The molecule has 1 N–H and O–H groups in total. The summed E-state index contributed by atoms with van der Waals surface area (Å²) in [5, 5.41) is 5.18. The van der Waals surface area contributed by atoms with E-state index in [4.69, 9.17) is 4.52 Å². The summed E-state index contributed by atoms with van der Waals surface area (Å²) in [6.45, 7) is 3.41. The average Bonchev–Trinajstić information content (AvgIpc) is 3.59. The average molecular weight is 548 g/mol. The molecule has 1 aliphatic heterocycles. The van der Waals surface area contributed by atoms with E-state index >= 15 is 0 Å². The number of nitrogens with one attached hydrogen (secondary N) is 1. The molecule has 1 saturated heterocycles. The summed E-state index contributed by atoms with van der Waals surface area (Å²) in [7, 11) is -3.59. The topological polar surface area (TPSA) is 75.4 Å². The van der Waals surface area contributed by atoms with Crippen molar-refractivity contribution < 1.29 is 17.3 Å². The number of likely N-dealkylation sites (tertiary alicyclic amines) is 1. The zero-order chi connectivity index (χ0) is 26.8. The van der Waals surface area contributed by atoms with E-state index < -0.39 is 10.0 Å². The van der Waals surface area contributed by atoms with E-state index in [2.05, 4.69) is 14.8 Å². The maximum absolute atomic E-state index is 13.5. The normalized spacial score (nSPS) is 21.1. The minimum Gasteiger partial charge on any atom is -0.356 e. The molecule has 0 spiro atoms. The minimum absolute atomic E-state index is 0.309. The number of halogens is 1. The number of hydrogen-bond donors (Lipinski definition) is 1. The third-order valence-electron chi connectivity index (χ3n) is 8.53. The molecule has 39 heavy (non-hydrogen) atoms. The fraction of sp³-hybridized carbons (Fsp3) is 0.387. The van der Waals surface area contributed by atoms with Crippen molar-refractivity contribution in [2.45, 2.75) is 42.9 Å². The first-order chi connectivity index (χ1) is 19.0. The number of hydrogen-bond acceptors (Lipinski definition) is 5. The highest BCUT2D eigenvalue weighted by Crippen LogP contribution is 2.36. The molecule has 6 nitrogen and oxygen atoms in total. The fourth-order valence-corrected chi connectivity index (χ4v) is 7.48. The van der Waals surface area contributed by atoms with Gasteiger partial charge in [0.15, 0.2) is 5.58 Å². The van der Waals surface area contributed by atoms with Gasteiger partial charge in [-0.2, -0.15) is 0 Å². The smallest absolute Gasteiger partial charge is 0.240 e. The molecule has 0 bridgehead atoms. The predicted octanol–water partition coefficient (Wildman–Crippen LogP) is 6.21. The lowest BCUT2D eigenvalue weighted by Crippen LogP contribution is -2.39. The molecule has 2 aliphatic rings. The maximum Gasteiger partial charge on any atom is 0.240 e. The largest absolute Gasteiger partial charge is 0.356 e. The van der Waals surface area contributed by atoms with E-state index in [-0.39, 0.29) is 5.82 Å². The lowest BCUT2D eigenvalue weighted by atomic mass is 9.90. The molecule has 1 saturated carbocycles. The van der Waals surface area contributed by atoms with Crippen molar-refractivity contribution in [3.05, 3.63) is 84.3 Å². The Hall–Kier alpha value is -3.07. The number of benzene rings is 3. The molecule has 1 aromatic heterocycles. The van der Waals surface area contributed by atoms with Gasteiger partial charge in [-0.1, -0.05) is 54.0 Å². The van der Waals surface area contributed by atoms with Gasteiger partial charge in [-0.3, -0.25) is 0 Å². The van der Waals surface area contributed by atoms with Gasteiger partial charge in [0.2, 0.25) is 10.0 Å². The molecule has 0 radical (unpaired) electrons. The van der Waals surface area contributed by atoms with E-state index in [9.17, 15) is 12.8 Å². The van der Waals surface area contributed by atoms with Crippen molar-refractivity contribution in [3.63, 3.8) is 0 Å². The molecule has 3 aromatic carbocycles. The van der Waals surface area contributed by atoms with Gasteiger partial charge in [0.25, 0.3) is 0 Å². The van der Waals surface area contributed by atoms with Crippen LogP contribution in [0.3, 0.4) is 0 Å². The zero-order valence-electron chi connectivity index (χ0n) is 21.9. The van der Waals surface area contributed by atoms with Gasteiger partial charge in [-0.25, -0.2) is 17.5 Å². The number of nitrogens with zero attached hydrogens (tertiary/aromatic N) is 2. The van der Waals surface area contributed by atoms with Crippen LogP contribution in [0.1, 0.15) is 43.7 Å². The lowest BCUT2D eigenvalue weighted by Gasteiger charge is -2.34. The standard InChI is InChI=1S/C31H34FN3O3S/c32-27-12-13-29-30(19-27)38-34-31(29)23-14-16-35(17-15-23)21-26-10-4-9-25(26)20-33-39(36,37)28-11-5-8-24(18-28)22-6-2-1-3-7-22/h1-3,5-8,11-13,18-19,23,25-26,33H,4,9-10,14-17,20-21H2/t25-,26-/m1/s1. The molecule has 0 unspecified atom stereocenters. The molecule has 2 atom stereocenters. The molecule has 4 aromatic rings. The number of aromatic nitrogens is 1. The summed E-state index contributed by atoms with van der Waals surface area (Å²) in [6, 6.07) is 21.6. The second kappa shape index (κ2) is 11.2. The van der Waals surface area contributed by atoms with E-state index in [1.54, 1.807) is 24.3 Å². The summed E-state index contributed by atoms with van der Waals surface area (Å²) < 4.78 is 48.2. The lowest BCUT2D eigenvalue weighted by molar-refractivity contribution is 0.164. The highest BCUT2D eigenvalue weighted by Gasteiger charge is 2.32. The molecule has 204 valence electrons. The monoisotopic (exact) mass is 547 g/mol. The van der Waals surface area contributed by atoms with Crippen molar-refractivity contribution in [2.75, 3.05) is 26.2 Å². The summed E-state index contributed by atoms with van der Waals surface area (Å²) in [5.41, 5.74) is 3.34. The molecular formula is C31H34FN3O3S. The Morgan fingerprint density at radius 3 is 2.49 bits per heavy atom. The maximum atomic E-state index is 13.5. The summed E-state index contributed by atoms with van der Waals surface area (Å²) >= 11 is 0. The molecule has 2 heterocycles. The second-order valence-corrected chi connectivity index (χ2v) is 12.7. The van der Waals surface area contributed by atoms with Crippen LogP contribution in [0.25, 0.3) is 22.1 Å². The Labute approximate surface area is 229 Å². The molecule has 8 heteroatoms. The van der Waals surface area contributed by atoms with Crippen LogP contribution in [0.2, 0.25) is 0 Å². The van der Waals surface area contributed by atoms with Crippen LogP contribution < -0.4 is 4.72 Å². The van der Waals surface area contributed by atoms with Crippen molar-refractivity contribution in [1.82, 2.24) is 14.8 Å². The fourth-order valence-electron chi connectivity index (χ4n) is 6.34. The molecule has 1 aliphatic carbocycles. The van der Waals surface area contributed by atoms with Gasteiger partial charge in [0.1, 0.15) is 5.82 Å². The van der Waals surface area contributed by atoms with Crippen LogP contribution in [0, 0.1) is 17.7 Å². The van der Waals surface area contributed by atoms with Gasteiger partial charge >= 0.3 is 0 Å². The Morgan fingerprint density at radius 1 is 0.897 bits per heavy atom. The van der Waals surface area contributed by atoms with Gasteiger partial charge in [-0.15, -0.1) is 0 Å². The van der Waals surface area contributed by atoms with Gasteiger partial charge in [0.05, 0.1) is 10.6 Å². The van der Waals surface area contributed by atoms with E-state index in [0.29, 0.717) is 34.8 Å². The third kappa shape index (κ3) is 5.78. The zero-order valence-corrected chi connectivity index (χ0v) is 22.7.